The molecule has 1 fully saturated rings. The van der Waals surface area contributed by atoms with Crippen LogP contribution in [0.2, 0.25) is 0 Å². The Labute approximate surface area is 194 Å². The van der Waals surface area contributed by atoms with Crippen molar-refractivity contribution >= 4 is 23.7 Å². The van der Waals surface area contributed by atoms with Crippen molar-refractivity contribution in [1.82, 2.24) is 16.0 Å². The summed E-state index contributed by atoms with van der Waals surface area (Å²) in [6.45, 7) is 3.00. The predicted molar refractivity (Wildman–Crippen MR) is 124 cm³/mol. The van der Waals surface area contributed by atoms with E-state index in [0.29, 0.717) is 6.42 Å². The van der Waals surface area contributed by atoms with Crippen LogP contribution in [0.1, 0.15) is 57.9 Å². The van der Waals surface area contributed by atoms with Crippen LogP contribution in [0, 0.1) is 5.92 Å². The minimum absolute atomic E-state index is 0.183. The molecule has 0 aliphatic heterocycles. The third-order valence-corrected chi connectivity index (χ3v) is 5.99. The summed E-state index contributed by atoms with van der Waals surface area (Å²) < 4.78 is 0. The second kappa shape index (κ2) is 12.9. The smallest absolute Gasteiger partial charge is 0.326 e. The molecule has 1 aromatic carbocycles. The van der Waals surface area contributed by atoms with Crippen molar-refractivity contribution in [2.75, 3.05) is 0 Å². The molecular formula is C24H36N4O5. The van der Waals surface area contributed by atoms with Crippen LogP contribution in [0.4, 0.5) is 0 Å². The van der Waals surface area contributed by atoms with Crippen LogP contribution in [0.25, 0.3) is 0 Å². The van der Waals surface area contributed by atoms with E-state index < -0.39 is 47.9 Å². The average Bonchev–Trinajstić information content (AvgIpc) is 2.79. The highest BCUT2D eigenvalue weighted by atomic mass is 16.4. The van der Waals surface area contributed by atoms with E-state index >= 15 is 0 Å². The topological polar surface area (TPSA) is 151 Å². The van der Waals surface area contributed by atoms with Crippen molar-refractivity contribution in [3.05, 3.63) is 35.9 Å². The zero-order chi connectivity index (χ0) is 24.4. The van der Waals surface area contributed by atoms with Gasteiger partial charge in [0.25, 0.3) is 0 Å². The van der Waals surface area contributed by atoms with E-state index in [1.807, 2.05) is 30.3 Å². The Morgan fingerprint density at radius 2 is 1.52 bits per heavy atom. The number of carbonyl (C=O) groups is 4. The fourth-order valence-corrected chi connectivity index (χ4v) is 4.02. The average molecular weight is 461 g/mol. The summed E-state index contributed by atoms with van der Waals surface area (Å²) in [4.78, 5) is 49.4. The first-order chi connectivity index (χ1) is 15.7. The van der Waals surface area contributed by atoms with E-state index in [4.69, 9.17) is 5.73 Å². The van der Waals surface area contributed by atoms with Crippen LogP contribution in [-0.4, -0.2) is 53.0 Å². The lowest BCUT2D eigenvalue weighted by atomic mass is 9.84. The molecule has 182 valence electrons. The summed E-state index contributed by atoms with van der Waals surface area (Å²) in [6.07, 6.45) is 5.77. The maximum atomic E-state index is 13.1. The molecule has 33 heavy (non-hydrogen) atoms. The first-order valence-corrected chi connectivity index (χ1v) is 11.6. The zero-order valence-corrected chi connectivity index (χ0v) is 19.4. The Bertz CT molecular complexity index is 808. The summed E-state index contributed by atoms with van der Waals surface area (Å²) in [7, 11) is 0. The molecule has 1 aliphatic carbocycles. The Balaban J connectivity index is 2.10. The van der Waals surface area contributed by atoms with Crippen LogP contribution in [0.3, 0.4) is 0 Å². The van der Waals surface area contributed by atoms with Gasteiger partial charge in [-0.1, -0.05) is 62.4 Å². The first-order valence-electron chi connectivity index (χ1n) is 11.6. The van der Waals surface area contributed by atoms with Gasteiger partial charge in [-0.2, -0.15) is 0 Å². The van der Waals surface area contributed by atoms with Gasteiger partial charge in [0, 0.05) is 6.42 Å². The number of aliphatic carboxylic acids is 1. The Morgan fingerprint density at radius 3 is 2.09 bits per heavy atom. The summed E-state index contributed by atoms with van der Waals surface area (Å²) in [5.41, 5.74) is 6.34. The summed E-state index contributed by atoms with van der Waals surface area (Å²) in [6, 6.07) is 5.42. The number of amides is 3. The quantitative estimate of drug-likeness (QED) is 0.334. The second-order valence-electron chi connectivity index (χ2n) is 8.91. The predicted octanol–water partition coefficient (Wildman–Crippen LogP) is 1.11. The second-order valence-corrected chi connectivity index (χ2v) is 8.91. The van der Waals surface area contributed by atoms with Crippen LogP contribution in [0.15, 0.2) is 30.3 Å². The number of nitrogens with one attached hydrogen (secondary N) is 3. The third kappa shape index (κ3) is 8.84. The largest absolute Gasteiger partial charge is 0.480 e. The monoisotopic (exact) mass is 460 g/mol. The van der Waals surface area contributed by atoms with Crippen LogP contribution in [0.5, 0.6) is 0 Å². The minimum Gasteiger partial charge on any atom is -0.480 e. The zero-order valence-electron chi connectivity index (χ0n) is 19.4. The molecule has 0 heterocycles. The maximum absolute atomic E-state index is 13.1. The van der Waals surface area contributed by atoms with Gasteiger partial charge in [0.1, 0.15) is 18.1 Å². The van der Waals surface area contributed by atoms with Crippen LogP contribution < -0.4 is 21.7 Å². The molecule has 3 amide bonds. The third-order valence-electron chi connectivity index (χ3n) is 5.99. The van der Waals surface area contributed by atoms with Gasteiger partial charge in [0.05, 0.1) is 6.04 Å². The lowest BCUT2D eigenvalue weighted by Gasteiger charge is -2.27. The van der Waals surface area contributed by atoms with E-state index in [2.05, 4.69) is 16.0 Å². The molecule has 1 saturated carbocycles. The van der Waals surface area contributed by atoms with Crippen molar-refractivity contribution in [2.45, 2.75) is 83.0 Å². The van der Waals surface area contributed by atoms with Crippen molar-refractivity contribution in [3.8, 4) is 0 Å². The van der Waals surface area contributed by atoms with Crippen molar-refractivity contribution in [2.24, 2.45) is 11.7 Å². The number of carboxylic acid groups (broad SMARTS) is 1. The molecule has 1 aliphatic rings. The standard InChI is InChI=1S/C24H36N4O5/c1-15(25)21(29)26-16(2)22(30)27-19(13-17-9-5-3-6-10-17)23(31)28-20(24(32)33)14-18-11-7-4-8-12-18/h3,5-6,9-10,15-16,18-20H,4,7-8,11-14,25H2,1-2H3,(H,26,29)(H,27,30)(H,28,31)(H,32,33)/t15-,16-,19-,20-/m0/s1. The molecule has 9 heteroatoms. The van der Waals surface area contributed by atoms with Gasteiger partial charge >= 0.3 is 5.97 Å². The van der Waals surface area contributed by atoms with Gasteiger partial charge in [-0.15, -0.1) is 0 Å². The molecule has 0 saturated heterocycles. The summed E-state index contributed by atoms with van der Waals surface area (Å²) >= 11 is 0. The number of nitrogens with two attached hydrogens (primary N) is 1. The minimum atomic E-state index is -1.09. The number of carboxylic acids is 1. The van der Waals surface area contributed by atoms with Crippen LogP contribution in [-0.2, 0) is 25.6 Å². The highest BCUT2D eigenvalue weighted by molar-refractivity contribution is 5.93. The first kappa shape index (κ1) is 26.3. The highest BCUT2D eigenvalue weighted by Crippen LogP contribution is 2.27. The molecule has 0 spiro atoms. The van der Waals surface area contributed by atoms with Gasteiger partial charge < -0.3 is 26.8 Å². The van der Waals surface area contributed by atoms with Crippen molar-refractivity contribution in [1.29, 1.82) is 0 Å². The van der Waals surface area contributed by atoms with Crippen molar-refractivity contribution < 1.29 is 24.3 Å². The number of hydrogen-bond donors (Lipinski definition) is 5. The molecule has 0 unspecified atom stereocenters. The van der Waals surface area contributed by atoms with E-state index in [0.717, 1.165) is 37.7 Å². The fourth-order valence-electron chi connectivity index (χ4n) is 4.02. The van der Waals surface area contributed by atoms with E-state index in [1.54, 1.807) is 0 Å². The van der Waals surface area contributed by atoms with E-state index in [1.165, 1.54) is 13.8 Å². The molecule has 6 N–H and O–H groups in total. The molecule has 0 radical (unpaired) electrons. The summed E-state index contributed by atoms with van der Waals surface area (Å²) in [5, 5.41) is 17.5. The molecule has 0 aromatic heterocycles. The van der Waals surface area contributed by atoms with Crippen molar-refractivity contribution in [3.63, 3.8) is 0 Å². The van der Waals surface area contributed by atoms with E-state index in [-0.39, 0.29) is 12.3 Å². The number of rotatable bonds is 11. The fraction of sp³-hybridized carbons (Fsp3) is 0.583. The molecule has 0 bridgehead atoms. The number of benzene rings is 1. The molecular weight excluding hydrogens is 424 g/mol. The van der Waals surface area contributed by atoms with Gasteiger partial charge in [-0.25, -0.2) is 4.79 Å². The van der Waals surface area contributed by atoms with Gasteiger partial charge in [0.15, 0.2) is 0 Å². The molecule has 9 nitrogen and oxygen atoms in total. The number of carbonyl (C=O) groups excluding carboxylic acids is 3. The molecule has 4 atom stereocenters. The Morgan fingerprint density at radius 1 is 0.909 bits per heavy atom. The van der Waals surface area contributed by atoms with E-state index in [9.17, 15) is 24.3 Å². The van der Waals surface area contributed by atoms with Gasteiger partial charge in [0.2, 0.25) is 17.7 Å². The summed E-state index contributed by atoms with van der Waals surface area (Å²) in [5.74, 6) is -2.44. The normalized spacial score (nSPS) is 17.8. The van der Waals surface area contributed by atoms with Gasteiger partial charge in [-0.05, 0) is 31.7 Å². The van der Waals surface area contributed by atoms with Crippen LogP contribution >= 0.6 is 0 Å². The SMILES string of the molecule is C[C@H](N)C(=O)N[C@@H](C)C(=O)N[C@@H](Cc1ccccc1)C(=O)N[C@@H](CC1CCCCC1)C(=O)O. The number of hydrogen-bond acceptors (Lipinski definition) is 5. The lowest BCUT2D eigenvalue weighted by molar-refractivity contribution is -0.143. The molecule has 1 aromatic rings. The van der Waals surface area contributed by atoms with Gasteiger partial charge in [-0.3, -0.25) is 14.4 Å². The maximum Gasteiger partial charge on any atom is 0.326 e. The Kier molecular flexibility index (Phi) is 10.3. The Hall–Kier alpha value is -2.94. The highest BCUT2D eigenvalue weighted by Gasteiger charge is 2.30. The molecule has 2 rings (SSSR count). The lowest BCUT2D eigenvalue weighted by Crippen LogP contribution is -2.56.